The molecule has 3 rings (SSSR count). The van der Waals surface area contributed by atoms with Crippen LogP contribution in [0.3, 0.4) is 0 Å². The van der Waals surface area contributed by atoms with E-state index in [4.69, 9.17) is 18.9 Å². The van der Waals surface area contributed by atoms with E-state index in [-0.39, 0.29) is 6.42 Å². The molecule has 0 radical (unpaired) electrons. The lowest BCUT2D eigenvalue weighted by atomic mass is 9.66. The van der Waals surface area contributed by atoms with Crippen molar-refractivity contribution >= 4 is 11.9 Å². The molecule has 1 aliphatic rings. The van der Waals surface area contributed by atoms with Gasteiger partial charge in [-0.1, -0.05) is 6.07 Å². The molecule has 8 heteroatoms. The van der Waals surface area contributed by atoms with Gasteiger partial charge in [0.25, 0.3) is 0 Å². The van der Waals surface area contributed by atoms with Crippen LogP contribution in [0, 0.1) is 11.8 Å². The van der Waals surface area contributed by atoms with Gasteiger partial charge in [0.1, 0.15) is 0 Å². The van der Waals surface area contributed by atoms with Gasteiger partial charge in [0, 0.05) is 5.92 Å². The maximum absolute atomic E-state index is 12.2. The highest BCUT2D eigenvalue weighted by Gasteiger charge is 2.46. The average molecular weight is 416 g/mol. The highest BCUT2D eigenvalue weighted by molar-refractivity contribution is 5.83. The summed E-state index contributed by atoms with van der Waals surface area (Å²) in [5.41, 5.74) is 2.00. The number of carboxylic acid groups (broad SMARTS) is 2. The van der Waals surface area contributed by atoms with Gasteiger partial charge in [0.2, 0.25) is 0 Å². The van der Waals surface area contributed by atoms with Gasteiger partial charge >= 0.3 is 11.9 Å². The van der Waals surface area contributed by atoms with E-state index in [0.717, 1.165) is 0 Å². The van der Waals surface area contributed by atoms with Crippen LogP contribution in [0.5, 0.6) is 23.0 Å². The predicted molar refractivity (Wildman–Crippen MR) is 107 cm³/mol. The van der Waals surface area contributed by atoms with Crippen molar-refractivity contribution in [3.63, 3.8) is 0 Å². The average Bonchev–Trinajstić information content (AvgIpc) is 2.75. The Morgan fingerprint density at radius 2 is 1.37 bits per heavy atom. The number of benzene rings is 2. The number of fused-ring (bicyclic) bond motifs is 1. The fraction of sp³-hybridized carbons (Fsp3) is 0.364. The molecule has 0 saturated heterocycles. The molecule has 30 heavy (non-hydrogen) atoms. The number of aliphatic carboxylic acids is 2. The maximum Gasteiger partial charge on any atom is 0.308 e. The van der Waals surface area contributed by atoms with Crippen LogP contribution >= 0.6 is 0 Å². The van der Waals surface area contributed by atoms with E-state index in [1.807, 2.05) is 0 Å². The molecule has 0 fully saturated rings. The van der Waals surface area contributed by atoms with Crippen molar-refractivity contribution in [1.82, 2.24) is 0 Å². The Morgan fingerprint density at radius 3 is 1.90 bits per heavy atom. The van der Waals surface area contributed by atoms with Crippen molar-refractivity contribution in [2.24, 2.45) is 11.8 Å². The summed E-state index contributed by atoms with van der Waals surface area (Å²) in [6.07, 6.45) is 0.0752. The molecule has 2 aromatic carbocycles. The van der Waals surface area contributed by atoms with Crippen molar-refractivity contribution in [2.45, 2.75) is 12.3 Å². The summed E-state index contributed by atoms with van der Waals surface area (Å²) >= 11 is 0. The maximum atomic E-state index is 12.2. The first-order valence-corrected chi connectivity index (χ1v) is 9.28. The molecule has 0 spiro atoms. The third-order valence-electron chi connectivity index (χ3n) is 5.58. The van der Waals surface area contributed by atoms with E-state index in [2.05, 4.69) is 0 Å². The molecule has 0 bridgehead atoms. The number of carboxylic acids is 2. The number of ether oxygens (including phenoxy) is 4. The molecule has 0 unspecified atom stereocenters. The van der Waals surface area contributed by atoms with E-state index in [9.17, 15) is 19.8 Å². The van der Waals surface area contributed by atoms with Crippen LogP contribution in [0.1, 0.15) is 22.6 Å². The zero-order valence-corrected chi connectivity index (χ0v) is 17.2. The lowest BCUT2D eigenvalue weighted by Gasteiger charge is -2.36. The van der Waals surface area contributed by atoms with Crippen LogP contribution in [0.4, 0.5) is 0 Å². The zero-order chi connectivity index (χ0) is 22.0. The molecule has 0 amide bonds. The fourth-order valence-corrected chi connectivity index (χ4v) is 4.18. The normalized spacial score (nSPS) is 20.1. The molecule has 1 aliphatic carbocycles. The lowest BCUT2D eigenvalue weighted by Crippen LogP contribution is -2.40. The highest BCUT2D eigenvalue weighted by Crippen LogP contribution is 2.48. The minimum Gasteiger partial charge on any atom is -0.493 e. The molecule has 8 nitrogen and oxygen atoms in total. The first-order valence-electron chi connectivity index (χ1n) is 9.28. The van der Waals surface area contributed by atoms with Crippen LogP contribution in [-0.2, 0) is 16.0 Å². The SMILES string of the molecule is COc1ccc([C@H]2c3cc(OC)c(OC)cc3C[C@H](C(=O)O)[C@@H]2C(=O)O)cc1OC. The van der Waals surface area contributed by atoms with Crippen LogP contribution < -0.4 is 18.9 Å². The summed E-state index contributed by atoms with van der Waals surface area (Å²) in [6, 6.07) is 8.54. The molecular formula is C22H24O8. The fourth-order valence-electron chi connectivity index (χ4n) is 4.18. The van der Waals surface area contributed by atoms with Crippen molar-refractivity contribution in [1.29, 1.82) is 0 Å². The van der Waals surface area contributed by atoms with Crippen molar-refractivity contribution in [3.8, 4) is 23.0 Å². The molecule has 2 N–H and O–H groups in total. The summed E-state index contributed by atoms with van der Waals surface area (Å²) in [5.74, 6) is -3.52. The van der Waals surface area contributed by atoms with Crippen LogP contribution in [0.2, 0.25) is 0 Å². The predicted octanol–water partition coefficient (Wildman–Crippen LogP) is 2.81. The smallest absolute Gasteiger partial charge is 0.308 e. The third kappa shape index (κ3) is 3.60. The first-order chi connectivity index (χ1) is 14.4. The summed E-state index contributed by atoms with van der Waals surface area (Å²) in [5, 5.41) is 19.8. The Kier molecular flexibility index (Phi) is 6.05. The summed E-state index contributed by atoms with van der Waals surface area (Å²) in [7, 11) is 5.98. The van der Waals surface area contributed by atoms with E-state index < -0.39 is 29.7 Å². The van der Waals surface area contributed by atoms with E-state index in [1.165, 1.54) is 28.4 Å². The number of methoxy groups -OCH3 is 4. The van der Waals surface area contributed by atoms with Gasteiger partial charge in [-0.05, 0) is 47.4 Å². The van der Waals surface area contributed by atoms with Gasteiger partial charge in [0.15, 0.2) is 23.0 Å². The Morgan fingerprint density at radius 1 is 0.800 bits per heavy atom. The number of rotatable bonds is 7. The van der Waals surface area contributed by atoms with Gasteiger partial charge in [-0.3, -0.25) is 9.59 Å². The summed E-state index contributed by atoms with van der Waals surface area (Å²) in [4.78, 5) is 24.2. The topological polar surface area (TPSA) is 112 Å². The van der Waals surface area contributed by atoms with Gasteiger partial charge in [-0.2, -0.15) is 0 Å². The lowest BCUT2D eigenvalue weighted by molar-refractivity contribution is -0.154. The second-order valence-corrected chi connectivity index (χ2v) is 7.01. The molecule has 2 aromatic rings. The van der Waals surface area contributed by atoms with Crippen molar-refractivity contribution < 1.29 is 38.7 Å². The number of hydrogen-bond donors (Lipinski definition) is 2. The Bertz CT molecular complexity index is 968. The second kappa shape index (κ2) is 8.52. The molecule has 0 heterocycles. The van der Waals surface area contributed by atoms with E-state index in [1.54, 1.807) is 30.3 Å². The van der Waals surface area contributed by atoms with Gasteiger partial charge in [-0.25, -0.2) is 0 Å². The Labute approximate surface area is 173 Å². The van der Waals surface area contributed by atoms with Crippen molar-refractivity contribution in [2.75, 3.05) is 28.4 Å². The van der Waals surface area contributed by atoms with E-state index >= 15 is 0 Å². The van der Waals surface area contributed by atoms with Crippen LogP contribution in [-0.4, -0.2) is 50.6 Å². The number of hydrogen-bond acceptors (Lipinski definition) is 6. The van der Waals surface area contributed by atoms with Gasteiger partial charge in [0.05, 0.1) is 40.3 Å². The molecule has 0 aromatic heterocycles. The highest BCUT2D eigenvalue weighted by atomic mass is 16.5. The van der Waals surface area contributed by atoms with Gasteiger partial charge in [-0.15, -0.1) is 0 Å². The van der Waals surface area contributed by atoms with Crippen LogP contribution in [0.25, 0.3) is 0 Å². The minimum atomic E-state index is -1.18. The second-order valence-electron chi connectivity index (χ2n) is 7.01. The first kappa shape index (κ1) is 21.3. The number of carbonyl (C=O) groups is 2. The monoisotopic (exact) mass is 416 g/mol. The molecular weight excluding hydrogens is 392 g/mol. The molecule has 160 valence electrons. The standard InChI is InChI=1S/C22H24O8/c1-27-15-6-5-11(8-16(15)28-2)19-13-10-18(30-4)17(29-3)9-12(13)7-14(21(23)24)20(19)22(25)26/h5-6,8-10,14,19-20H,7H2,1-4H3,(H,23,24)(H,25,26)/t14-,19-,20-/m0/s1. The summed E-state index contributed by atoms with van der Waals surface area (Å²) in [6.45, 7) is 0. The molecule has 0 saturated carbocycles. The third-order valence-corrected chi connectivity index (χ3v) is 5.58. The molecule has 0 aliphatic heterocycles. The Hall–Kier alpha value is -3.42. The quantitative estimate of drug-likeness (QED) is 0.709. The molecule has 3 atom stereocenters. The summed E-state index contributed by atoms with van der Waals surface area (Å²) < 4.78 is 21.4. The minimum absolute atomic E-state index is 0.0752. The Balaban J connectivity index is 2.29. The van der Waals surface area contributed by atoms with Gasteiger partial charge < -0.3 is 29.2 Å². The van der Waals surface area contributed by atoms with Crippen LogP contribution in [0.15, 0.2) is 30.3 Å². The zero-order valence-electron chi connectivity index (χ0n) is 17.2. The van der Waals surface area contributed by atoms with Crippen molar-refractivity contribution in [3.05, 3.63) is 47.0 Å². The van der Waals surface area contributed by atoms with E-state index in [0.29, 0.717) is 39.7 Å². The largest absolute Gasteiger partial charge is 0.493 e.